The van der Waals surface area contributed by atoms with Gasteiger partial charge in [-0.25, -0.2) is 4.98 Å². The lowest BCUT2D eigenvalue weighted by atomic mass is 10.1. The molecule has 1 aromatic carbocycles. The predicted octanol–water partition coefficient (Wildman–Crippen LogP) is 3.86. The van der Waals surface area contributed by atoms with Gasteiger partial charge in [-0.2, -0.15) is 0 Å². The molecule has 7 heteroatoms. The van der Waals surface area contributed by atoms with Gasteiger partial charge >= 0.3 is 0 Å². The largest absolute Gasteiger partial charge is 0.326 e. The topological polar surface area (TPSA) is 81.1 Å². The van der Waals surface area contributed by atoms with Gasteiger partial charge in [0.1, 0.15) is 4.83 Å². The van der Waals surface area contributed by atoms with Gasteiger partial charge in [-0.05, 0) is 42.1 Å². The van der Waals surface area contributed by atoms with E-state index in [2.05, 4.69) is 17.2 Å². The highest BCUT2D eigenvalue weighted by molar-refractivity contribution is 7.16. The monoisotopic (exact) mass is 383 g/mol. The first-order valence-corrected chi connectivity index (χ1v) is 9.82. The summed E-state index contributed by atoms with van der Waals surface area (Å²) >= 11 is 1.39. The van der Waals surface area contributed by atoms with E-state index in [4.69, 9.17) is 0 Å². The average molecular weight is 383 g/mol. The third-order valence-corrected chi connectivity index (χ3v) is 5.08. The number of fused-ring (bicyclic) bond motifs is 1. The standard InChI is InChI=1S/C20H21N3O3S/c1-2-3-4-5-18(25)22-15-8-6-14(7-9-15)17(24)12-23-13-21-19-16(20(23)26)10-11-27-19/h6-11,13H,2-5,12H2,1H3,(H,22,25). The molecular weight excluding hydrogens is 362 g/mol. The number of carbonyl (C=O) groups is 2. The third-order valence-electron chi connectivity index (χ3n) is 4.26. The fourth-order valence-electron chi connectivity index (χ4n) is 2.75. The number of unbranched alkanes of at least 4 members (excludes halogenated alkanes) is 2. The Morgan fingerprint density at radius 1 is 1.15 bits per heavy atom. The highest BCUT2D eigenvalue weighted by atomic mass is 32.1. The van der Waals surface area contributed by atoms with Crippen LogP contribution in [-0.2, 0) is 11.3 Å². The smallest absolute Gasteiger partial charge is 0.262 e. The Morgan fingerprint density at radius 3 is 2.67 bits per heavy atom. The van der Waals surface area contributed by atoms with Crippen molar-refractivity contribution in [1.82, 2.24) is 9.55 Å². The van der Waals surface area contributed by atoms with Crippen molar-refractivity contribution < 1.29 is 9.59 Å². The van der Waals surface area contributed by atoms with E-state index in [0.717, 1.165) is 19.3 Å². The van der Waals surface area contributed by atoms with E-state index in [0.29, 0.717) is 27.9 Å². The van der Waals surface area contributed by atoms with Gasteiger partial charge in [0.2, 0.25) is 5.91 Å². The van der Waals surface area contributed by atoms with Crippen molar-refractivity contribution in [2.24, 2.45) is 0 Å². The van der Waals surface area contributed by atoms with Crippen LogP contribution in [-0.4, -0.2) is 21.2 Å². The molecule has 0 unspecified atom stereocenters. The summed E-state index contributed by atoms with van der Waals surface area (Å²) in [5.41, 5.74) is 0.924. The zero-order chi connectivity index (χ0) is 19.2. The molecule has 0 bridgehead atoms. The van der Waals surface area contributed by atoms with E-state index >= 15 is 0 Å². The summed E-state index contributed by atoms with van der Waals surface area (Å²) in [7, 11) is 0. The number of rotatable bonds is 8. The highest BCUT2D eigenvalue weighted by Gasteiger charge is 2.11. The molecule has 0 spiro atoms. The van der Waals surface area contributed by atoms with E-state index in [1.165, 1.54) is 22.2 Å². The highest BCUT2D eigenvalue weighted by Crippen LogP contribution is 2.14. The van der Waals surface area contributed by atoms with Crippen LogP contribution in [0.25, 0.3) is 10.2 Å². The Kier molecular flexibility index (Phi) is 6.13. The Hall–Kier alpha value is -2.80. The van der Waals surface area contributed by atoms with E-state index in [1.807, 2.05) is 0 Å². The second kappa shape index (κ2) is 8.73. The van der Waals surface area contributed by atoms with Crippen LogP contribution in [0.15, 0.2) is 46.8 Å². The number of hydrogen-bond donors (Lipinski definition) is 1. The van der Waals surface area contributed by atoms with E-state index in [-0.39, 0.29) is 23.8 Å². The molecule has 0 aliphatic rings. The Balaban J connectivity index is 1.64. The first kappa shape index (κ1) is 19.0. The molecule has 0 atom stereocenters. The van der Waals surface area contributed by atoms with E-state index < -0.39 is 0 Å². The Bertz CT molecular complexity index is 1010. The van der Waals surface area contributed by atoms with Crippen LogP contribution >= 0.6 is 11.3 Å². The number of ketones is 1. The maximum absolute atomic E-state index is 12.5. The molecule has 3 rings (SSSR count). The lowest BCUT2D eigenvalue weighted by Gasteiger charge is -2.07. The number of Topliss-reactive ketones (excluding diaryl/α,β-unsaturated/α-hetero) is 1. The number of nitrogens with one attached hydrogen (secondary N) is 1. The quantitative estimate of drug-likeness (QED) is 0.473. The van der Waals surface area contributed by atoms with Gasteiger partial charge in [-0.3, -0.25) is 19.0 Å². The molecule has 0 saturated heterocycles. The lowest BCUT2D eigenvalue weighted by Crippen LogP contribution is -2.24. The molecule has 140 valence electrons. The van der Waals surface area contributed by atoms with Crippen molar-refractivity contribution in [2.45, 2.75) is 39.2 Å². The first-order valence-electron chi connectivity index (χ1n) is 8.94. The minimum atomic E-state index is -0.217. The molecule has 2 heterocycles. The van der Waals surface area contributed by atoms with Crippen LogP contribution < -0.4 is 10.9 Å². The number of anilines is 1. The molecular formula is C20H21N3O3S. The third kappa shape index (κ3) is 4.68. The maximum atomic E-state index is 12.5. The summed E-state index contributed by atoms with van der Waals surface area (Å²) in [4.78, 5) is 41.6. The van der Waals surface area contributed by atoms with Gasteiger partial charge in [-0.15, -0.1) is 11.3 Å². The van der Waals surface area contributed by atoms with Crippen molar-refractivity contribution in [3.05, 3.63) is 58.0 Å². The molecule has 0 aliphatic heterocycles. The number of amides is 1. The molecule has 0 aliphatic carbocycles. The van der Waals surface area contributed by atoms with Crippen molar-refractivity contribution in [2.75, 3.05) is 5.32 Å². The number of nitrogens with zero attached hydrogens (tertiary/aromatic N) is 2. The molecule has 0 radical (unpaired) electrons. The van der Waals surface area contributed by atoms with Gasteiger partial charge < -0.3 is 5.32 Å². The number of aromatic nitrogens is 2. The summed E-state index contributed by atoms with van der Waals surface area (Å²) in [6, 6.07) is 8.44. The minimum Gasteiger partial charge on any atom is -0.326 e. The number of hydrogen-bond acceptors (Lipinski definition) is 5. The summed E-state index contributed by atoms with van der Waals surface area (Å²) in [5, 5.41) is 5.16. The Morgan fingerprint density at radius 2 is 1.93 bits per heavy atom. The van der Waals surface area contributed by atoms with E-state index in [1.54, 1.807) is 35.7 Å². The first-order chi connectivity index (χ1) is 13.1. The van der Waals surface area contributed by atoms with Gasteiger partial charge in [0.25, 0.3) is 5.56 Å². The molecule has 2 aromatic heterocycles. The van der Waals surface area contributed by atoms with Gasteiger partial charge in [0.05, 0.1) is 18.3 Å². The molecule has 27 heavy (non-hydrogen) atoms. The lowest BCUT2D eigenvalue weighted by molar-refractivity contribution is -0.116. The SMILES string of the molecule is CCCCCC(=O)Nc1ccc(C(=O)Cn2cnc3sccc3c2=O)cc1. The molecule has 1 N–H and O–H groups in total. The second-order valence-corrected chi connectivity index (χ2v) is 7.22. The average Bonchev–Trinajstić information content (AvgIpc) is 3.14. The van der Waals surface area contributed by atoms with Crippen molar-refractivity contribution in [3.63, 3.8) is 0 Å². The van der Waals surface area contributed by atoms with Crippen molar-refractivity contribution in [3.8, 4) is 0 Å². The van der Waals surface area contributed by atoms with Gasteiger partial charge in [0.15, 0.2) is 5.78 Å². The molecule has 1 amide bonds. The van der Waals surface area contributed by atoms with Crippen molar-refractivity contribution in [1.29, 1.82) is 0 Å². The predicted molar refractivity (Wildman–Crippen MR) is 107 cm³/mol. The zero-order valence-electron chi connectivity index (χ0n) is 15.1. The molecule has 0 fully saturated rings. The van der Waals surface area contributed by atoms with Crippen molar-refractivity contribution >= 4 is 38.9 Å². The maximum Gasteiger partial charge on any atom is 0.262 e. The van der Waals surface area contributed by atoms with E-state index in [9.17, 15) is 14.4 Å². The fraction of sp³-hybridized carbons (Fsp3) is 0.300. The van der Waals surface area contributed by atoms with Crippen LogP contribution in [0.3, 0.4) is 0 Å². The minimum absolute atomic E-state index is 0.0239. The zero-order valence-corrected chi connectivity index (χ0v) is 15.9. The summed E-state index contributed by atoms with van der Waals surface area (Å²) in [5.74, 6) is -0.210. The summed E-state index contributed by atoms with van der Waals surface area (Å²) in [6.07, 6.45) is 4.88. The summed E-state index contributed by atoms with van der Waals surface area (Å²) < 4.78 is 1.32. The number of carbonyl (C=O) groups excluding carboxylic acids is 2. The van der Waals surface area contributed by atoms with Crippen LogP contribution in [0.1, 0.15) is 43.0 Å². The number of thiophene rings is 1. The van der Waals surface area contributed by atoms with Crippen LogP contribution in [0.2, 0.25) is 0 Å². The second-order valence-electron chi connectivity index (χ2n) is 6.32. The fourth-order valence-corrected chi connectivity index (χ4v) is 3.47. The Labute approximate surface area is 160 Å². The number of benzene rings is 1. The van der Waals surface area contributed by atoms with Crippen LogP contribution in [0.5, 0.6) is 0 Å². The normalized spacial score (nSPS) is 10.9. The van der Waals surface area contributed by atoms with Gasteiger partial charge in [0, 0.05) is 17.7 Å². The van der Waals surface area contributed by atoms with Crippen LogP contribution in [0.4, 0.5) is 5.69 Å². The molecule has 0 saturated carbocycles. The summed E-state index contributed by atoms with van der Waals surface area (Å²) in [6.45, 7) is 2.02. The van der Waals surface area contributed by atoms with Crippen LogP contribution in [0, 0.1) is 0 Å². The molecule has 3 aromatic rings. The molecule has 6 nitrogen and oxygen atoms in total. The van der Waals surface area contributed by atoms with Gasteiger partial charge in [-0.1, -0.05) is 19.8 Å².